The van der Waals surface area contributed by atoms with Crippen molar-refractivity contribution in [1.82, 2.24) is 9.80 Å². The van der Waals surface area contributed by atoms with E-state index in [1.807, 2.05) is 7.05 Å². The van der Waals surface area contributed by atoms with Gasteiger partial charge in [-0.2, -0.15) is 0 Å². The zero-order valence-corrected chi connectivity index (χ0v) is 11.7. The van der Waals surface area contributed by atoms with Gasteiger partial charge in [-0.15, -0.1) is 0 Å². The molecule has 0 radical (unpaired) electrons. The molecule has 1 aliphatic heterocycles. The van der Waals surface area contributed by atoms with Crippen molar-refractivity contribution in [2.75, 3.05) is 20.1 Å². The fraction of sp³-hybridized carbons (Fsp3) is 0.857. The molecule has 1 saturated carbocycles. The van der Waals surface area contributed by atoms with Gasteiger partial charge < -0.3 is 10.0 Å². The first-order valence-electron chi connectivity index (χ1n) is 7.32. The van der Waals surface area contributed by atoms with Crippen LogP contribution in [-0.4, -0.2) is 59.0 Å². The molecule has 1 aliphatic carbocycles. The van der Waals surface area contributed by atoms with Crippen LogP contribution in [-0.2, 0) is 9.59 Å². The summed E-state index contributed by atoms with van der Waals surface area (Å²) in [5.41, 5.74) is 0. The highest BCUT2D eigenvalue weighted by molar-refractivity contribution is 5.85. The molecule has 5 nitrogen and oxygen atoms in total. The Hall–Kier alpha value is -1.10. The number of carbonyl (C=O) groups is 2. The molecule has 0 aromatic carbocycles. The summed E-state index contributed by atoms with van der Waals surface area (Å²) in [6.45, 7) is 0.947. The highest BCUT2D eigenvalue weighted by atomic mass is 16.4. The molecule has 2 fully saturated rings. The van der Waals surface area contributed by atoms with Gasteiger partial charge in [0.25, 0.3) is 0 Å². The molecule has 108 valence electrons. The molecule has 1 heterocycles. The van der Waals surface area contributed by atoms with E-state index in [0.29, 0.717) is 25.6 Å². The summed E-state index contributed by atoms with van der Waals surface area (Å²) in [5, 5.41) is 9.11. The fourth-order valence-electron chi connectivity index (χ4n) is 3.28. The van der Waals surface area contributed by atoms with Crippen LogP contribution in [0.1, 0.15) is 44.9 Å². The van der Waals surface area contributed by atoms with Crippen molar-refractivity contribution in [1.29, 1.82) is 0 Å². The van der Waals surface area contributed by atoms with Gasteiger partial charge in [0.05, 0.1) is 6.54 Å². The van der Waals surface area contributed by atoms with Gasteiger partial charge in [0, 0.05) is 12.6 Å². The van der Waals surface area contributed by atoms with Gasteiger partial charge >= 0.3 is 5.97 Å². The number of nitrogens with zero attached hydrogens (tertiary/aromatic N) is 2. The van der Waals surface area contributed by atoms with Gasteiger partial charge in [0.2, 0.25) is 5.91 Å². The van der Waals surface area contributed by atoms with Crippen LogP contribution in [0.2, 0.25) is 0 Å². The minimum absolute atomic E-state index is 0.0297. The maximum absolute atomic E-state index is 12.2. The molecule has 1 N–H and O–H groups in total. The molecule has 2 rings (SSSR count). The summed E-state index contributed by atoms with van der Waals surface area (Å²) >= 11 is 0. The van der Waals surface area contributed by atoms with Crippen LogP contribution in [0.25, 0.3) is 0 Å². The molecular formula is C14H24N2O3. The summed E-state index contributed by atoms with van der Waals surface area (Å²) in [6, 6.07) is -0.115. The highest BCUT2D eigenvalue weighted by Crippen LogP contribution is 2.22. The molecule has 1 unspecified atom stereocenters. The van der Waals surface area contributed by atoms with E-state index in [0.717, 1.165) is 19.3 Å². The van der Waals surface area contributed by atoms with Crippen LogP contribution in [0.4, 0.5) is 0 Å². The number of carboxylic acids is 1. The summed E-state index contributed by atoms with van der Waals surface area (Å²) in [4.78, 5) is 27.0. The molecule has 1 amide bonds. The van der Waals surface area contributed by atoms with Gasteiger partial charge in [-0.25, -0.2) is 4.79 Å². The van der Waals surface area contributed by atoms with Crippen molar-refractivity contribution in [3.63, 3.8) is 0 Å². The minimum Gasteiger partial charge on any atom is -0.480 e. The third kappa shape index (κ3) is 3.47. The first kappa shape index (κ1) is 14.3. The van der Waals surface area contributed by atoms with E-state index in [1.165, 1.54) is 19.3 Å². The molecular weight excluding hydrogens is 244 g/mol. The SMILES string of the molecule is CN(CC(=O)N1CCCC1C(=O)O)C1CCCCC1. The maximum Gasteiger partial charge on any atom is 0.326 e. The zero-order chi connectivity index (χ0) is 13.8. The standard InChI is InChI=1S/C14H24N2O3/c1-15(11-6-3-2-4-7-11)10-13(17)16-9-5-8-12(16)14(18)19/h11-12H,2-10H2,1H3,(H,18,19). The Morgan fingerprint density at radius 1 is 1.16 bits per heavy atom. The number of rotatable bonds is 4. The van der Waals surface area contributed by atoms with Gasteiger partial charge in [0.1, 0.15) is 6.04 Å². The summed E-state index contributed by atoms with van der Waals surface area (Å²) in [6.07, 6.45) is 7.49. The first-order valence-corrected chi connectivity index (χ1v) is 7.32. The number of amides is 1. The predicted octanol–water partition coefficient (Wildman–Crippen LogP) is 1.33. The van der Waals surface area contributed by atoms with Crippen LogP contribution in [0.3, 0.4) is 0 Å². The smallest absolute Gasteiger partial charge is 0.326 e. The third-order valence-corrected chi connectivity index (χ3v) is 4.44. The van der Waals surface area contributed by atoms with E-state index in [9.17, 15) is 9.59 Å². The molecule has 0 bridgehead atoms. The topological polar surface area (TPSA) is 60.9 Å². The number of aliphatic carboxylic acids is 1. The lowest BCUT2D eigenvalue weighted by atomic mass is 9.94. The van der Waals surface area contributed by atoms with Crippen molar-refractivity contribution in [3.05, 3.63) is 0 Å². The van der Waals surface area contributed by atoms with Crippen LogP contribution >= 0.6 is 0 Å². The quantitative estimate of drug-likeness (QED) is 0.835. The number of hydrogen-bond donors (Lipinski definition) is 1. The summed E-state index contributed by atoms with van der Waals surface area (Å²) in [7, 11) is 1.99. The molecule has 5 heteroatoms. The number of likely N-dealkylation sites (N-methyl/N-ethyl adjacent to an activating group) is 1. The molecule has 19 heavy (non-hydrogen) atoms. The van der Waals surface area contributed by atoms with Gasteiger partial charge in [-0.1, -0.05) is 19.3 Å². The van der Waals surface area contributed by atoms with Crippen LogP contribution in [0.15, 0.2) is 0 Å². The summed E-state index contributed by atoms with van der Waals surface area (Å²) < 4.78 is 0. The average molecular weight is 268 g/mol. The monoisotopic (exact) mass is 268 g/mol. The van der Waals surface area contributed by atoms with Gasteiger partial charge in [-0.3, -0.25) is 9.69 Å². The predicted molar refractivity (Wildman–Crippen MR) is 71.9 cm³/mol. The van der Waals surface area contributed by atoms with Crippen LogP contribution in [0, 0.1) is 0 Å². The Balaban J connectivity index is 1.87. The van der Waals surface area contributed by atoms with E-state index in [2.05, 4.69) is 4.90 Å². The average Bonchev–Trinajstić information content (AvgIpc) is 2.89. The van der Waals surface area contributed by atoms with Gasteiger partial charge in [0.15, 0.2) is 0 Å². The van der Waals surface area contributed by atoms with Crippen LogP contribution in [0.5, 0.6) is 0 Å². The van der Waals surface area contributed by atoms with Crippen molar-refractivity contribution in [2.45, 2.75) is 57.0 Å². The second-order valence-corrected chi connectivity index (χ2v) is 5.79. The summed E-state index contributed by atoms with van der Waals surface area (Å²) in [5.74, 6) is -0.899. The van der Waals surface area contributed by atoms with Crippen molar-refractivity contribution >= 4 is 11.9 Å². The molecule has 0 aromatic heterocycles. The molecule has 0 aromatic rings. The Labute approximate surface area is 114 Å². The Bertz CT molecular complexity index is 340. The zero-order valence-electron chi connectivity index (χ0n) is 11.7. The molecule has 1 saturated heterocycles. The van der Waals surface area contributed by atoms with Crippen molar-refractivity contribution in [2.24, 2.45) is 0 Å². The van der Waals surface area contributed by atoms with E-state index >= 15 is 0 Å². The number of carbonyl (C=O) groups excluding carboxylic acids is 1. The largest absolute Gasteiger partial charge is 0.480 e. The van der Waals surface area contributed by atoms with Crippen LogP contribution < -0.4 is 0 Å². The van der Waals surface area contributed by atoms with E-state index in [-0.39, 0.29) is 5.91 Å². The Morgan fingerprint density at radius 3 is 2.47 bits per heavy atom. The molecule has 2 aliphatic rings. The van der Waals surface area contributed by atoms with E-state index < -0.39 is 12.0 Å². The second-order valence-electron chi connectivity index (χ2n) is 5.79. The Kier molecular flexibility index (Phi) is 4.80. The number of likely N-dealkylation sites (tertiary alicyclic amines) is 1. The Morgan fingerprint density at radius 2 is 1.84 bits per heavy atom. The fourth-order valence-corrected chi connectivity index (χ4v) is 3.28. The highest BCUT2D eigenvalue weighted by Gasteiger charge is 2.34. The number of hydrogen-bond acceptors (Lipinski definition) is 3. The lowest BCUT2D eigenvalue weighted by Crippen LogP contribution is -2.47. The van der Waals surface area contributed by atoms with Crippen molar-refractivity contribution < 1.29 is 14.7 Å². The van der Waals surface area contributed by atoms with Crippen molar-refractivity contribution in [3.8, 4) is 0 Å². The maximum atomic E-state index is 12.2. The van der Waals surface area contributed by atoms with E-state index in [4.69, 9.17) is 5.11 Å². The first-order chi connectivity index (χ1) is 9.09. The minimum atomic E-state index is -0.869. The molecule has 1 atom stereocenters. The van der Waals surface area contributed by atoms with Gasteiger partial charge in [-0.05, 0) is 32.7 Å². The lowest BCUT2D eigenvalue weighted by Gasteiger charge is -2.32. The van der Waals surface area contributed by atoms with E-state index in [1.54, 1.807) is 4.90 Å². The normalized spacial score (nSPS) is 24.9. The molecule has 0 spiro atoms. The lowest BCUT2D eigenvalue weighted by molar-refractivity contribution is -0.148. The number of carboxylic acid groups (broad SMARTS) is 1. The third-order valence-electron chi connectivity index (χ3n) is 4.44. The second kappa shape index (κ2) is 6.37.